The van der Waals surface area contributed by atoms with Gasteiger partial charge in [0.05, 0.1) is 6.10 Å². The second kappa shape index (κ2) is 6.19. The average Bonchev–Trinajstić information content (AvgIpc) is 2.94. The van der Waals surface area contributed by atoms with Crippen LogP contribution in [-0.2, 0) is 9.53 Å². The van der Waals surface area contributed by atoms with Crippen molar-refractivity contribution >= 4 is 5.78 Å². The fraction of sp³-hybridized carbons (Fsp3) is 0.786. The molecule has 0 saturated carbocycles. The molecule has 16 heavy (non-hydrogen) atoms. The highest BCUT2D eigenvalue weighted by Gasteiger charge is 2.56. The molecule has 1 aliphatic heterocycles. The summed E-state index contributed by atoms with van der Waals surface area (Å²) in [5, 5.41) is 0. The highest BCUT2D eigenvalue weighted by Crippen LogP contribution is 2.40. The van der Waals surface area contributed by atoms with Gasteiger partial charge in [-0.05, 0) is 25.8 Å². The summed E-state index contributed by atoms with van der Waals surface area (Å²) in [4.78, 5) is 11.9. The van der Waals surface area contributed by atoms with Crippen LogP contribution >= 0.6 is 0 Å². The van der Waals surface area contributed by atoms with Crippen molar-refractivity contribution in [2.45, 2.75) is 71.0 Å². The number of ketones is 1. The molecule has 0 aliphatic carbocycles. The van der Waals surface area contributed by atoms with Gasteiger partial charge in [-0.25, -0.2) is 0 Å². The third-order valence-corrected chi connectivity index (χ3v) is 3.25. The number of hydrogen-bond acceptors (Lipinski definition) is 2. The van der Waals surface area contributed by atoms with Crippen LogP contribution in [0, 0.1) is 0 Å². The van der Waals surface area contributed by atoms with Crippen LogP contribution in [0.5, 0.6) is 0 Å². The molecule has 2 unspecified atom stereocenters. The molecule has 1 saturated heterocycles. The van der Waals surface area contributed by atoms with E-state index >= 15 is 0 Å². The normalized spacial score (nSPS) is 28.6. The molecule has 2 heteroatoms. The first-order valence-electron chi connectivity index (χ1n) is 6.54. The quantitative estimate of drug-likeness (QED) is 0.358. The molecule has 0 N–H and O–H groups in total. The maximum Gasteiger partial charge on any atom is 0.189 e. The Labute approximate surface area is 99.1 Å². The van der Waals surface area contributed by atoms with Gasteiger partial charge >= 0.3 is 0 Å². The minimum Gasteiger partial charge on any atom is -0.358 e. The molecule has 92 valence electrons. The number of ether oxygens (including phenoxy) is 1. The van der Waals surface area contributed by atoms with Gasteiger partial charge in [-0.2, -0.15) is 0 Å². The van der Waals surface area contributed by atoms with E-state index in [1.54, 1.807) is 6.08 Å². The Hall–Kier alpha value is -0.630. The zero-order valence-electron chi connectivity index (χ0n) is 10.8. The molecule has 1 aliphatic rings. The Bertz CT molecular complexity index is 257. The van der Waals surface area contributed by atoms with E-state index in [1.165, 1.54) is 6.42 Å². The summed E-state index contributed by atoms with van der Waals surface area (Å²) in [6.45, 7) is 6.23. The summed E-state index contributed by atoms with van der Waals surface area (Å²) in [5.41, 5.74) is -0.502. The standard InChI is InChI=1S/C14H24O2/c1-4-6-8-9-10-12(15)14(3)13(16-14)11-7-5-2/h9-10,13H,4-8,11H2,1-3H3/b10-9+. The van der Waals surface area contributed by atoms with E-state index in [9.17, 15) is 4.79 Å². The SMILES string of the molecule is CCCC/C=C/C(=O)C1(C)OC1CCCC. The Balaban J connectivity index is 2.29. The maximum atomic E-state index is 11.9. The van der Waals surface area contributed by atoms with Crippen LogP contribution in [0.1, 0.15) is 59.3 Å². The fourth-order valence-electron chi connectivity index (χ4n) is 1.88. The second-order valence-corrected chi connectivity index (χ2v) is 4.76. The van der Waals surface area contributed by atoms with Gasteiger partial charge in [0.25, 0.3) is 0 Å². The topological polar surface area (TPSA) is 29.6 Å². The van der Waals surface area contributed by atoms with Crippen molar-refractivity contribution in [3.8, 4) is 0 Å². The number of hydrogen-bond donors (Lipinski definition) is 0. The molecular weight excluding hydrogens is 200 g/mol. The van der Waals surface area contributed by atoms with Gasteiger partial charge in [-0.1, -0.05) is 45.6 Å². The lowest BCUT2D eigenvalue weighted by Crippen LogP contribution is -2.21. The van der Waals surface area contributed by atoms with Gasteiger partial charge < -0.3 is 4.74 Å². The minimum atomic E-state index is -0.502. The summed E-state index contributed by atoms with van der Waals surface area (Å²) in [6, 6.07) is 0. The van der Waals surface area contributed by atoms with Crippen LogP contribution in [0.3, 0.4) is 0 Å². The molecule has 0 radical (unpaired) electrons. The van der Waals surface area contributed by atoms with Crippen molar-refractivity contribution < 1.29 is 9.53 Å². The molecule has 1 rings (SSSR count). The molecule has 0 amide bonds. The van der Waals surface area contributed by atoms with E-state index in [1.807, 2.05) is 13.0 Å². The molecule has 0 aromatic carbocycles. The first-order valence-corrected chi connectivity index (χ1v) is 6.54. The van der Waals surface area contributed by atoms with Crippen LogP contribution in [0.4, 0.5) is 0 Å². The van der Waals surface area contributed by atoms with Crippen LogP contribution < -0.4 is 0 Å². The van der Waals surface area contributed by atoms with E-state index in [-0.39, 0.29) is 11.9 Å². The van der Waals surface area contributed by atoms with Gasteiger partial charge in [0.1, 0.15) is 0 Å². The fourth-order valence-corrected chi connectivity index (χ4v) is 1.88. The molecule has 0 aromatic heterocycles. The molecule has 2 nitrogen and oxygen atoms in total. The van der Waals surface area contributed by atoms with Crippen LogP contribution in [0.15, 0.2) is 12.2 Å². The maximum absolute atomic E-state index is 11.9. The van der Waals surface area contributed by atoms with Crippen molar-refractivity contribution in [3.63, 3.8) is 0 Å². The van der Waals surface area contributed by atoms with Gasteiger partial charge in [0.2, 0.25) is 0 Å². The summed E-state index contributed by atoms with van der Waals surface area (Å²) in [6.07, 6.45) is 10.5. The van der Waals surface area contributed by atoms with Crippen molar-refractivity contribution in [1.82, 2.24) is 0 Å². The Morgan fingerprint density at radius 2 is 2.00 bits per heavy atom. The van der Waals surface area contributed by atoms with Crippen molar-refractivity contribution in [3.05, 3.63) is 12.2 Å². The summed E-state index contributed by atoms with van der Waals surface area (Å²) in [7, 11) is 0. The lowest BCUT2D eigenvalue weighted by Gasteiger charge is -2.00. The third-order valence-electron chi connectivity index (χ3n) is 3.25. The predicted octanol–water partition coefficient (Wildman–Crippen LogP) is 3.65. The van der Waals surface area contributed by atoms with E-state index in [2.05, 4.69) is 13.8 Å². The van der Waals surface area contributed by atoms with Crippen molar-refractivity contribution in [2.75, 3.05) is 0 Å². The van der Waals surface area contributed by atoms with Gasteiger partial charge in [0, 0.05) is 0 Å². The minimum absolute atomic E-state index is 0.143. The molecular formula is C14H24O2. The summed E-state index contributed by atoms with van der Waals surface area (Å²) in [5.74, 6) is 0.143. The monoisotopic (exact) mass is 224 g/mol. The van der Waals surface area contributed by atoms with Crippen LogP contribution in [0.2, 0.25) is 0 Å². The zero-order chi connectivity index (χ0) is 12.0. The molecule has 0 bridgehead atoms. The zero-order valence-corrected chi connectivity index (χ0v) is 10.8. The molecule has 1 heterocycles. The van der Waals surface area contributed by atoms with E-state index in [4.69, 9.17) is 4.74 Å². The van der Waals surface area contributed by atoms with Gasteiger partial charge in [0.15, 0.2) is 11.4 Å². The second-order valence-electron chi connectivity index (χ2n) is 4.76. The highest BCUT2D eigenvalue weighted by molar-refractivity contribution is 5.99. The number of allylic oxidation sites excluding steroid dienone is 1. The van der Waals surface area contributed by atoms with E-state index in [0.717, 1.165) is 32.1 Å². The average molecular weight is 224 g/mol. The Morgan fingerprint density at radius 1 is 1.31 bits per heavy atom. The van der Waals surface area contributed by atoms with Gasteiger partial charge in [-0.3, -0.25) is 4.79 Å². The van der Waals surface area contributed by atoms with Gasteiger partial charge in [-0.15, -0.1) is 0 Å². The van der Waals surface area contributed by atoms with Crippen molar-refractivity contribution in [1.29, 1.82) is 0 Å². The molecule has 1 fully saturated rings. The molecule has 0 spiro atoms. The van der Waals surface area contributed by atoms with Crippen LogP contribution in [-0.4, -0.2) is 17.5 Å². The number of unbranched alkanes of at least 4 members (excludes halogenated alkanes) is 3. The molecule has 0 aromatic rings. The number of epoxide rings is 1. The van der Waals surface area contributed by atoms with Crippen LogP contribution in [0.25, 0.3) is 0 Å². The first-order chi connectivity index (χ1) is 7.65. The Morgan fingerprint density at radius 3 is 2.62 bits per heavy atom. The number of carbonyl (C=O) groups is 1. The highest BCUT2D eigenvalue weighted by atomic mass is 16.6. The summed E-state index contributed by atoms with van der Waals surface area (Å²) < 4.78 is 5.52. The smallest absolute Gasteiger partial charge is 0.189 e. The lowest BCUT2D eigenvalue weighted by molar-refractivity contribution is -0.118. The van der Waals surface area contributed by atoms with E-state index in [0.29, 0.717) is 0 Å². The molecule has 2 atom stereocenters. The van der Waals surface area contributed by atoms with Crippen molar-refractivity contribution in [2.24, 2.45) is 0 Å². The first kappa shape index (κ1) is 13.4. The summed E-state index contributed by atoms with van der Waals surface area (Å²) >= 11 is 0. The van der Waals surface area contributed by atoms with E-state index < -0.39 is 5.60 Å². The largest absolute Gasteiger partial charge is 0.358 e. The number of carbonyl (C=O) groups excluding carboxylic acids is 1. The number of rotatable bonds is 8. The predicted molar refractivity (Wildman–Crippen MR) is 66.5 cm³/mol. The third kappa shape index (κ3) is 3.44. The lowest BCUT2D eigenvalue weighted by atomic mass is 9.98. The Kier molecular flexibility index (Phi) is 5.20.